The average Bonchev–Trinajstić information content (AvgIpc) is 2.78. The number of carbonyl (C=O) groups is 1. The summed E-state index contributed by atoms with van der Waals surface area (Å²) in [6.45, 7) is 1.41. The molecule has 4 rings (SSSR count). The number of piperazine rings is 1. The summed E-state index contributed by atoms with van der Waals surface area (Å²) in [7, 11) is -3.54. The Morgan fingerprint density at radius 2 is 1.57 bits per heavy atom. The molecule has 1 fully saturated rings. The molecule has 5 nitrogen and oxygen atoms in total. The summed E-state index contributed by atoms with van der Waals surface area (Å²) in [6, 6.07) is 11.7. The highest BCUT2D eigenvalue weighted by Crippen LogP contribution is 2.26. The second-order valence-electron chi connectivity index (χ2n) is 8.05. The van der Waals surface area contributed by atoms with Crippen LogP contribution < -0.4 is 0 Å². The second-order valence-corrected chi connectivity index (χ2v) is 9.99. The van der Waals surface area contributed by atoms with Gasteiger partial charge in [0.15, 0.2) is 0 Å². The summed E-state index contributed by atoms with van der Waals surface area (Å²) in [4.78, 5) is 14.6. The molecule has 0 atom stereocenters. The lowest BCUT2D eigenvalue weighted by Gasteiger charge is -2.34. The Labute approximate surface area is 177 Å². The monoisotopic (exact) mass is 430 g/mol. The molecule has 2 aromatic carbocycles. The molecule has 2 aromatic rings. The van der Waals surface area contributed by atoms with Gasteiger partial charge in [0.25, 0.3) is 0 Å². The molecule has 0 N–H and O–H groups in total. The molecule has 30 heavy (non-hydrogen) atoms. The Balaban J connectivity index is 1.34. The lowest BCUT2D eigenvalue weighted by atomic mass is 9.92. The molecule has 0 bridgehead atoms. The van der Waals surface area contributed by atoms with E-state index in [0.29, 0.717) is 43.9 Å². The van der Waals surface area contributed by atoms with E-state index in [2.05, 4.69) is 0 Å². The molecule has 1 amide bonds. The molecule has 7 heteroatoms. The van der Waals surface area contributed by atoms with Crippen LogP contribution in [0, 0.1) is 5.82 Å². The van der Waals surface area contributed by atoms with Crippen molar-refractivity contribution in [3.8, 4) is 0 Å². The van der Waals surface area contributed by atoms with E-state index in [1.54, 1.807) is 23.1 Å². The lowest BCUT2D eigenvalue weighted by molar-refractivity contribution is -0.132. The minimum Gasteiger partial charge on any atom is -0.340 e. The van der Waals surface area contributed by atoms with E-state index in [1.165, 1.54) is 22.0 Å². The zero-order chi connectivity index (χ0) is 21.1. The van der Waals surface area contributed by atoms with Gasteiger partial charge in [0.1, 0.15) is 5.82 Å². The third-order valence-electron chi connectivity index (χ3n) is 6.09. The van der Waals surface area contributed by atoms with E-state index in [1.807, 2.05) is 12.1 Å². The summed E-state index contributed by atoms with van der Waals surface area (Å²) in [6.07, 6.45) is 5.12. The van der Waals surface area contributed by atoms with Crippen molar-refractivity contribution >= 4 is 15.9 Å². The van der Waals surface area contributed by atoms with E-state index >= 15 is 0 Å². The van der Waals surface area contributed by atoms with Gasteiger partial charge in [0.2, 0.25) is 15.9 Å². The topological polar surface area (TPSA) is 57.7 Å². The summed E-state index contributed by atoms with van der Waals surface area (Å²) in [5.74, 6) is -0.286. The Morgan fingerprint density at radius 3 is 2.27 bits per heavy atom. The fourth-order valence-electron chi connectivity index (χ4n) is 4.26. The van der Waals surface area contributed by atoms with E-state index in [0.717, 1.165) is 36.8 Å². The SMILES string of the molecule is O=C(CCc1ccc(F)cc1)N1CCN(S(=O)(=O)c2ccc3c(c2)CCCC3)CC1. The highest BCUT2D eigenvalue weighted by molar-refractivity contribution is 7.89. The molecule has 1 aliphatic carbocycles. The number of hydrogen-bond donors (Lipinski definition) is 0. The van der Waals surface area contributed by atoms with Crippen molar-refractivity contribution in [2.75, 3.05) is 26.2 Å². The van der Waals surface area contributed by atoms with Gasteiger partial charge in [-0.15, -0.1) is 0 Å². The van der Waals surface area contributed by atoms with Gasteiger partial charge < -0.3 is 4.90 Å². The van der Waals surface area contributed by atoms with Crippen molar-refractivity contribution < 1.29 is 17.6 Å². The van der Waals surface area contributed by atoms with Crippen LogP contribution in [0.1, 0.15) is 36.0 Å². The molecule has 0 radical (unpaired) electrons. The molecular weight excluding hydrogens is 403 g/mol. The molecule has 1 saturated heterocycles. The number of hydrogen-bond acceptors (Lipinski definition) is 3. The second kappa shape index (κ2) is 8.86. The Morgan fingerprint density at radius 1 is 0.900 bits per heavy atom. The van der Waals surface area contributed by atoms with Crippen LogP contribution >= 0.6 is 0 Å². The summed E-state index contributed by atoms with van der Waals surface area (Å²) < 4.78 is 40.6. The predicted molar refractivity (Wildman–Crippen MR) is 113 cm³/mol. The molecule has 0 saturated carbocycles. The minimum atomic E-state index is -3.54. The van der Waals surface area contributed by atoms with Crippen molar-refractivity contribution in [3.05, 3.63) is 65.0 Å². The van der Waals surface area contributed by atoms with Gasteiger partial charge in [-0.25, -0.2) is 12.8 Å². The van der Waals surface area contributed by atoms with Gasteiger partial charge in [0.05, 0.1) is 4.90 Å². The van der Waals surface area contributed by atoms with Gasteiger partial charge in [-0.1, -0.05) is 18.2 Å². The van der Waals surface area contributed by atoms with Crippen LogP contribution in [-0.4, -0.2) is 49.7 Å². The molecular formula is C23H27FN2O3S. The number of halogens is 1. The number of nitrogens with zero attached hydrogens (tertiary/aromatic N) is 2. The minimum absolute atomic E-state index is 0.00477. The largest absolute Gasteiger partial charge is 0.340 e. The number of carbonyl (C=O) groups excluding carboxylic acids is 1. The lowest BCUT2D eigenvalue weighted by Crippen LogP contribution is -2.50. The maximum Gasteiger partial charge on any atom is 0.243 e. The molecule has 2 aliphatic rings. The molecule has 0 unspecified atom stereocenters. The fraction of sp³-hybridized carbons (Fsp3) is 0.435. The normalized spacial score (nSPS) is 17.6. The Kier molecular flexibility index (Phi) is 6.20. The van der Waals surface area contributed by atoms with E-state index in [4.69, 9.17) is 0 Å². The van der Waals surface area contributed by atoms with Gasteiger partial charge in [-0.2, -0.15) is 4.31 Å². The van der Waals surface area contributed by atoms with Crippen LogP contribution in [0.25, 0.3) is 0 Å². The van der Waals surface area contributed by atoms with Crippen LogP contribution in [0.15, 0.2) is 47.4 Å². The van der Waals surface area contributed by atoms with Crippen LogP contribution in [0.2, 0.25) is 0 Å². The van der Waals surface area contributed by atoms with Crippen LogP contribution in [0.3, 0.4) is 0 Å². The van der Waals surface area contributed by atoms with Crippen LogP contribution in [0.5, 0.6) is 0 Å². The number of sulfonamides is 1. The van der Waals surface area contributed by atoms with E-state index in [9.17, 15) is 17.6 Å². The van der Waals surface area contributed by atoms with Crippen LogP contribution in [-0.2, 0) is 34.1 Å². The van der Waals surface area contributed by atoms with Gasteiger partial charge in [-0.05, 0) is 73.1 Å². The van der Waals surface area contributed by atoms with Crippen molar-refractivity contribution in [3.63, 3.8) is 0 Å². The van der Waals surface area contributed by atoms with Crippen molar-refractivity contribution in [2.24, 2.45) is 0 Å². The van der Waals surface area contributed by atoms with Gasteiger partial charge in [-0.3, -0.25) is 4.79 Å². The Hall–Kier alpha value is -2.25. The first kappa shape index (κ1) is 21.0. The zero-order valence-corrected chi connectivity index (χ0v) is 17.8. The third-order valence-corrected chi connectivity index (χ3v) is 7.98. The predicted octanol–water partition coefficient (Wildman–Crippen LogP) is 3.17. The van der Waals surface area contributed by atoms with E-state index in [-0.39, 0.29) is 11.7 Å². The smallest absolute Gasteiger partial charge is 0.243 e. The van der Waals surface area contributed by atoms with E-state index < -0.39 is 10.0 Å². The first-order valence-electron chi connectivity index (χ1n) is 10.6. The molecule has 0 spiro atoms. The third kappa shape index (κ3) is 4.57. The molecule has 0 aromatic heterocycles. The van der Waals surface area contributed by atoms with Gasteiger partial charge >= 0.3 is 0 Å². The summed E-state index contributed by atoms with van der Waals surface area (Å²) in [5.41, 5.74) is 3.33. The van der Waals surface area contributed by atoms with Crippen molar-refractivity contribution in [1.82, 2.24) is 9.21 Å². The highest BCUT2D eigenvalue weighted by atomic mass is 32.2. The zero-order valence-electron chi connectivity index (χ0n) is 17.0. The standard InChI is InChI=1S/C23H27FN2O3S/c24-21-9-5-18(6-10-21)7-12-23(27)25-13-15-26(16-14-25)30(28,29)22-11-8-19-3-1-2-4-20(19)17-22/h5-6,8-11,17H,1-4,7,12-16H2. The van der Waals surface area contributed by atoms with Crippen molar-refractivity contribution in [1.29, 1.82) is 0 Å². The molecule has 160 valence electrons. The van der Waals surface area contributed by atoms with Crippen LogP contribution in [0.4, 0.5) is 4.39 Å². The maximum absolute atomic E-state index is 13.1. The first-order chi connectivity index (χ1) is 14.4. The molecule has 1 aliphatic heterocycles. The first-order valence-corrected chi connectivity index (χ1v) is 12.0. The Bertz CT molecular complexity index is 1010. The fourth-order valence-corrected chi connectivity index (χ4v) is 5.73. The number of aryl methyl sites for hydroxylation is 3. The number of amides is 1. The number of fused-ring (bicyclic) bond motifs is 1. The quantitative estimate of drug-likeness (QED) is 0.732. The van der Waals surface area contributed by atoms with Crippen molar-refractivity contribution in [2.45, 2.75) is 43.4 Å². The maximum atomic E-state index is 13.1. The summed E-state index contributed by atoms with van der Waals surface area (Å²) in [5, 5.41) is 0. The van der Waals surface area contributed by atoms with Gasteiger partial charge in [0, 0.05) is 32.6 Å². The highest BCUT2D eigenvalue weighted by Gasteiger charge is 2.30. The molecule has 1 heterocycles. The summed E-state index contributed by atoms with van der Waals surface area (Å²) >= 11 is 0. The number of benzene rings is 2. The average molecular weight is 431 g/mol. The number of rotatable bonds is 5.